The molecule has 0 unspecified atom stereocenters. The Morgan fingerprint density at radius 1 is 1.00 bits per heavy atom. The van der Waals surface area contributed by atoms with Gasteiger partial charge in [-0.1, -0.05) is 48.0 Å². The van der Waals surface area contributed by atoms with Crippen molar-refractivity contribution in [2.45, 2.75) is 26.2 Å². The number of carboxylic acid groups (broad SMARTS) is 1. The second-order valence-corrected chi connectivity index (χ2v) is 4.80. The monoisotopic (exact) mass is 254 g/mol. The van der Waals surface area contributed by atoms with Crippen molar-refractivity contribution in [2.24, 2.45) is 0 Å². The summed E-state index contributed by atoms with van der Waals surface area (Å²) in [6.07, 6.45) is 2.75. The van der Waals surface area contributed by atoms with Gasteiger partial charge < -0.3 is 5.11 Å². The highest BCUT2D eigenvalue weighted by Gasteiger charge is 2.08. The smallest absolute Gasteiger partial charge is 0.335 e. The highest BCUT2D eigenvalue weighted by atomic mass is 16.4. The zero-order valence-electron chi connectivity index (χ0n) is 11.1. The Morgan fingerprint density at radius 2 is 1.68 bits per heavy atom. The van der Waals surface area contributed by atoms with Crippen LogP contribution < -0.4 is 0 Å². The van der Waals surface area contributed by atoms with Crippen molar-refractivity contribution in [3.63, 3.8) is 0 Å². The molecule has 98 valence electrons. The predicted molar refractivity (Wildman–Crippen MR) is 76.6 cm³/mol. The van der Waals surface area contributed by atoms with Gasteiger partial charge in [0.2, 0.25) is 0 Å². The molecular formula is C17H18O2. The first kappa shape index (κ1) is 13.3. The molecule has 2 aromatic rings. The van der Waals surface area contributed by atoms with Gasteiger partial charge in [0.05, 0.1) is 5.56 Å². The van der Waals surface area contributed by atoms with Crippen molar-refractivity contribution in [3.8, 4) is 0 Å². The van der Waals surface area contributed by atoms with Crippen LogP contribution in [0.15, 0.2) is 48.5 Å². The van der Waals surface area contributed by atoms with Crippen molar-refractivity contribution >= 4 is 5.97 Å². The number of carboxylic acids is 1. The minimum Gasteiger partial charge on any atom is -0.478 e. The number of hydrogen-bond donors (Lipinski definition) is 1. The fourth-order valence-electron chi connectivity index (χ4n) is 2.18. The molecular weight excluding hydrogens is 236 g/mol. The third-order valence-electron chi connectivity index (χ3n) is 3.28. The van der Waals surface area contributed by atoms with Crippen LogP contribution >= 0.6 is 0 Å². The molecule has 0 aliphatic heterocycles. The Labute approximate surface area is 113 Å². The van der Waals surface area contributed by atoms with Gasteiger partial charge in [0.1, 0.15) is 0 Å². The molecule has 0 aliphatic rings. The molecule has 0 amide bonds. The van der Waals surface area contributed by atoms with Gasteiger partial charge in [-0.15, -0.1) is 0 Å². The van der Waals surface area contributed by atoms with E-state index in [-0.39, 0.29) is 0 Å². The lowest BCUT2D eigenvalue weighted by molar-refractivity contribution is 0.0695. The maximum Gasteiger partial charge on any atom is 0.335 e. The molecule has 0 aliphatic carbocycles. The molecule has 2 heteroatoms. The van der Waals surface area contributed by atoms with Crippen molar-refractivity contribution in [3.05, 3.63) is 70.8 Å². The van der Waals surface area contributed by atoms with Gasteiger partial charge in [-0.25, -0.2) is 4.79 Å². The number of aryl methyl sites for hydroxylation is 3. The molecule has 0 atom stereocenters. The number of aromatic carboxylic acids is 1. The molecule has 0 spiro atoms. The van der Waals surface area contributed by atoms with E-state index >= 15 is 0 Å². The molecule has 1 N–H and O–H groups in total. The Hall–Kier alpha value is -2.09. The molecule has 0 bridgehead atoms. The zero-order valence-corrected chi connectivity index (χ0v) is 11.1. The van der Waals surface area contributed by atoms with Crippen molar-refractivity contribution in [1.82, 2.24) is 0 Å². The minimum absolute atomic E-state index is 0.423. The average Bonchev–Trinajstić information content (AvgIpc) is 2.41. The molecule has 0 fully saturated rings. The van der Waals surface area contributed by atoms with Crippen LogP contribution in [-0.2, 0) is 12.8 Å². The van der Waals surface area contributed by atoms with Crippen LogP contribution in [0.1, 0.15) is 33.5 Å². The molecule has 2 rings (SSSR count). The first-order valence-corrected chi connectivity index (χ1v) is 6.53. The van der Waals surface area contributed by atoms with E-state index in [2.05, 4.69) is 31.2 Å². The van der Waals surface area contributed by atoms with Crippen LogP contribution in [0.3, 0.4) is 0 Å². The lowest BCUT2D eigenvalue weighted by Gasteiger charge is -2.06. The summed E-state index contributed by atoms with van der Waals surface area (Å²) < 4.78 is 0. The van der Waals surface area contributed by atoms with Gasteiger partial charge in [-0.3, -0.25) is 0 Å². The van der Waals surface area contributed by atoms with E-state index in [1.54, 1.807) is 12.1 Å². The van der Waals surface area contributed by atoms with Gasteiger partial charge >= 0.3 is 5.97 Å². The van der Waals surface area contributed by atoms with Crippen molar-refractivity contribution < 1.29 is 9.90 Å². The SMILES string of the molecule is Cc1ccc(CCCc2ccccc2C(=O)O)cc1. The zero-order chi connectivity index (χ0) is 13.7. The predicted octanol–water partition coefficient (Wildman–Crippen LogP) is 3.87. The van der Waals surface area contributed by atoms with E-state index in [9.17, 15) is 4.79 Å². The first-order valence-electron chi connectivity index (χ1n) is 6.53. The van der Waals surface area contributed by atoms with E-state index < -0.39 is 5.97 Å². The number of benzene rings is 2. The van der Waals surface area contributed by atoms with Crippen LogP contribution in [0.2, 0.25) is 0 Å². The molecule has 0 saturated carbocycles. The second-order valence-electron chi connectivity index (χ2n) is 4.80. The highest BCUT2D eigenvalue weighted by molar-refractivity contribution is 5.89. The molecule has 2 aromatic carbocycles. The normalized spacial score (nSPS) is 10.4. The summed E-state index contributed by atoms with van der Waals surface area (Å²) in [7, 11) is 0. The van der Waals surface area contributed by atoms with Gasteiger partial charge in [-0.2, -0.15) is 0 Å². The van der Waals surface area contributed by atoms with Gasteiger partial charge in [0.15, 0.2) is 0 Å². The Balaban J connectivity index is 1.96. The summed E-state index contributed by atoms with van der Waals surface area (Å²) >= 11 is 0. The van der Waals surface area contributed by atoms with Crippen LogP contribution in [0.4, 0.5) is 0 Å². The topological polar surface area (TPSA) is 37.3 Å². The summed E-state index contributed by atoms with van der Waals surface area (Å²) in [6.45, 7) is 2.08. The molecule has 0 heterocycles. The van der Waals surface area contributed by atoms with E-state index in [1.165, 1.54) is 11.1 Å². The Morgan fingerprint density at radius 3 is 2.37 bits per heavy atom. The summed E-state index contributed by atoms with van der Waals surface area (Å²) in [5, 5.41) is 9.11. The van der Waals surface area contributed by atoms with Gasteiger partial charge in [0, 0.05) is 0 Å². The number of hydrogen-bond acceptors (Lipinski definition) is 1. The molecule has 19 heavy (non-hydrogen) atoms. The van der Waals surface area contributed by atoms with E-state index in [4.69, 9.17) is 5.11 Å². The Bertz CT molecular complexity index is 556. The van der Waals surface area contributed by atoms with Crippen LogP contribution in [0.5, 0.6) is 0 Å². The van der Waals surface area contributed by atoms with E-state index in [1.807, 2.05) is 12.1 Å². The number of carbonyl (C=O) groups is 1. The first-order chi connectivity index (χ1) is 9.16. The summed E-state index contributed by atoms with van der Waals surface area (Å²) in [5.74, 6) is -0.842. The van der Waals surface area contributed by atoms with Crippen LogP contribution in [0, 0.1) is 6.92 Å². The van der Waals surface area contributed by atoms with Crippen molar-refractivity contribution in [1.29, 1.82) is 0 Å². The largest absolute Gasteiger partial charge is 0.478 e. The highest BCUT2D eigenvalue weighted by Crippen LogP contribution is 2.13. The van der Waals surface area contributed by atoms with Crippen molar-refractivity contribution in [2.75, 3.05) is 0 Å². The maximum absolute atomic E-state index is 11.1. The summed E-state index contributed by atoms with van der Waals surface area (Å²) in [5.41, 5.74) is 3.91. The lowest BCUT2D eigenvalue weighted by atomic mass is 9.99. The van der Waals surface area contributed by atoms with Gasteiger partial charge in [0.25, 0.3) is 0 Å². The molecule has 0 radical (unpaired) electrons. The Kier molecular flexibility index (Phi) is 4.35. The maximum atomic E-state index is 11.1. The lowest BCUT2D eigenvalue weighted by Crippen LogP contribution is -2.02. The fourth-order valence-corrected chi connectivity index (χ4v) is 2.18. The van der Waals surface area contributed by atoms with Crippen LogP contribution in [-0.4, -0.2) is 11.1 Å². The second kappa shape index (κ2) is 6.19. The molecule has 0 saturated heterocycles. The fraction of sp³-hybridized carbons (Fsp3) is 0.235. The molecule has 2 nitrogen and oxygen atoms in total. The average molecular weight is 254 g/mol. The summed E-state index contributed by atoms with van der Waals surface area (Å²) in [6, 6.07) is 15.7. The quantitative estimate of drug-likeness (QED) is 0.879. The standard InChI is InChI=1S/C17H18O2/c1-13-9-11-14(12-10-13)5-4-7-15-6-2-3-8-16(15)17(18)19/h2-3,6,8-12H,4-5,7H2,1H3,(H,18,19). The van der Waals surface area contributed by atoms with Gasteiger partial charge in [-0.05, 0) is 43.4 Å². The third kappa shape index (κ3) is 3.68. The van der Waals surface area contributed by atoms with Crippen LogP contribution in [0.25, 0.3) is 0 Å². The number of rotatable bonds is 5. The van der Waals surface area contributed by atoms with E-state index in [0.29, 0.717) is 5.56 Å². The minimum atomic E-state index is -0.842. The third-order valence-corrected chi connectivity index (χ3v) is 3.28. The summed E-state index contributed by atoms with van der Waals surface area (Å²) in [4.78, 5) is 11.1. The molecule has 0 aromatic heterocycles. The van der Waals surface area contributed by atoms with E-state index in [0.717, 1.165) is 24.8 Å².